The van der Waals surface area contributed by atoms with Gasteiger partial charge >= 0.3 is 5.97 Å². The number of nitrogens with one attached hydrogen (secondary N) is 2. The van der Waals surface area contributed by atoms with Gasteiger partial charge in [0.25, 0.3) is 5.82 Å². The third kappa shape index (κ3) is 15.5. The zero-order valence-electron chi connectivity index (χ0n) is 39.1. The SMILES string of the molecule is C.CC(C)(C)c1nc(C(=O)O)no1.C[C@@H](CC(=O)c1noc(C(C)(C)C)n1)c1ccc(-c2ccnc(NC(=O)C3CC3)c2)cc1Cl.C[C@@H](N)c1ccc(-c2ccnc(NC(=O)C3CC3)c2)cc1Cl.Cl. The van der Waals surface area contributed by atoms with Crippen LogP contribution in [0.4, 0.5) is 11.6 Å². The number of pyridine rings is 2. The molecule has 2 amide bonds. The van der Waals surface area contributed by atoms with E-state index in [1.165, 1.54) is 0 Å². The molecule has 2 aliphatic rings. The number of carbonyl (C=O) groups excluding carboxylic acids is 3. The van der Waals surface area contributed by atoms with Crippen LogP contribution in [0, 0.1) is 11.8 Å². The molecule has 5 N–H and O–H groups in total. The molecule has 4 aromatic heterocycles. The van der Waals surface area contributed by atoms with E-state index in [4.69, 9.17) is 43.1 Å². The standard InChI is InChI=1S/C25H27ClN4O3.C17H18ClN3O.C7H10N2O3.CH4.ClH/c1-14(11-20(31)22-29-24(33-30-22)25(2,3)4)18-8-7-16(12-19(18)26)17-9-10-27-21(13-17)28-23(32)15-5-6-15;1-10(19)14-5-4-12(8-15(14)18)13-6-7-20-16(9-13)21-17(22)11-2-3-11;1-7(2,3)6-8-4(5(10)11)9-12-6;;/h7-10,12-15H,5-6,11H2,1-4H3,(H,27,28,32);4-11H,2-3,19H2,1H3,(H,20,21,22);1-3H3,(H,10,11);1H4;1H/t14-;10-;;;/m01.../s1. The van der Waals surface area contributed by atoms with Gasteiger partial charge in [0.1, 0.15) is 11.6 Å². The van der Waals surface area contributed by atoms with E-state index in [1.54, 1.807) is 12.4 Å². The second-order valence-electron chi connectivity index (χ2n) is 18.8. The third-order valence-electron chi connectivity index (χ3n) is 10.7. The van der Waals surface area contributed by atoms with Crippen LogP contribution in [0.3, 0.4) is 0 Å². The van der Waals surface area contributed by atoms with Crippen molar-refractivity contribution >= 4 is 70.8 Å². The molecule has 2 aliphatic carbocycles. The number of amides is 2. The summed E-state index contributed by atoms with van der Waals surface area (Å²) in [5.41, 5.74) is 10.8. The van der Waals surface area contributed by atoms with Crippen LogP contribution in [-0.2, 0) is 20.4 Å². The highest BCUT2D eigenvalue weighted by molar-refractivity contribution is 6.32. The number of carbonyl (C=O) groups is 4. The molecule has 0 spiro atoms. The summed E-state index contributed by atoms with van der Waals surface area (Å²) in [4.78, 5) is 63.3. The lowest BCUT2D eigenvalue weighted by Crippen LogP contribution is -2.14. The van der Waals surface area contributed by atoms with Crippen LogP contribution in [0.1, 0.15) is 151 Å². The van der Waals surface area contributed by atoms with Gasteiger partial charge in [-0.2, -0.15) is 9.97 Å². The van der Waals surface area contributed by atoms with Crippen molar-refractivity contribution in [1.82, 2.24) is 30.2 Å². The molecule has 16 nitrogen and oxygen atoms in total. The lowest BCUT2D eigenvalue weighted by molar-refractivity contribution is -0.118. The van der Waals surface area contributed by atoms with E-state index in [0.717, 1.165) is 59.1 Å². The van der Waals surface area contributed by atoms with Gasteiger partial charge < -0.3 is 30.5 Å². The van der Waals surface area contributed by atoms with Crippen LogP contribution in [-0.4, -0.2) is 58.9 Å². The van der Waals surface area contributed by atoms with Crippen molar-refractivity contribution in [2.24, 2.45) is 17.6 Å². The summed E-state index contributed by atoms with van der Waals surface area (Å²) in [6.07, 6.45) is 7.39. The van der Waals surface area contributed by atoms with Crippen molar-refractivity contribution in [3.8, 4) is 22.3 Å². The monoisotopic (exact) mass is 1000 g/mol. The van der Waals surface area contributed by atoms with Crippen LogP contribution < -0.4 is 16.4 Å². The lowest BCUT2D eigenvalue weighted by Gasteiger charge is -2.14. The Morgan fingerprint density at radius 1 is 0.681 bits per heavy atom. The van der Waals surface area contributed by atoms with Crippen molar-refractivity contribution in [1.29, 1.82) is 0 Å². The minimum absolute atomic E-state index is 0. The molecule has 0 unspecified atom stereocenters. The molecule has 4 heterocycles. The average molecular weight is 1010 g/mol. The largest absolute Gasteiger partial charge is 0.475 e. The zero-order chi connectivity index (χ0) is 48.8. The number of carboxylic acid groups (broad SMARTS) is 1. The predicted octanol–water partition coefficient (Wildman–Crippen LogP) is 11.7. The molecule has 368 valence electrons. The van der Waals surface area contributed by atoms with Gasteiger partial charge in [-0.15, -0.1) is 12.4 Å². The second-order valence-corrected chi connectivity index (χ2v) is 19.6. The molecule has 2 fully saturated rings. The summed E-state index contributed by atoms with van der Waals surface area (Å²) in [7, 11) is 0. The Labute approximate surface area is 418 Å². The number of benzene rings is 2. The Morgan fingerprint density at radius 2 is 1.09 bits per heavy atom. The van der Waals surface area contributed by atoms with Gasteiger partial charge in [0, 0.05) is 57.6 Å². The summed E-state index contributed by atoms with van der Waals surface area (Å²) in [6, 6.07) is 18.9. The zero-order valence-corrected chi connectivity index (χ0v) is 41.4. The van der Waals surface area contributed by atoms with Crippen LogP contribution >= 0.6 is 35.6 Å². The Kier molecular flexibility index (Phi) is 18.9. The van der Waals surface area contributed by atoms with Crippen LogP contribution in [0.25, 0.3) is 22.3 Å². The molecule has 6 aromatic rings. The predicted molar refractivity (Wildman–Crippen MR) is 269 cm³/mol. The Bertz CT molecular complexity index is 2750. The van der Waals surface area contributed by atoms with Gasteiger partial charge in [-0.1, -0.05) is 109 Å². The minimum Gasteiger partial charge on any atom is -0.475 e. The first kappa shape index (κ1) is 55.5. The number of halogens is 3. The maximum atomic E-state index is 12.7. The quantitative estimate of drug-likeness (QED) is 0.0834. The summed E-state index contributed by atoms with van der Waals surface area (Å²) in [5, 5.41) is 22.6. The van der Waals surface area contributed by atoms with Crippen molar-refractivity contribution in [3.05, 3.63) is 118 Å². The number of Topliss-reactive ketones (excluding diaryl/α,β-unsaturated/α-hetero) is 1. The number of anilines is 2. The Hall–Kier alpha value is -6.07. The maximum absolute atomic E-state index is 12.7. The first-order valence-corrected chi connectivity index (χ1v) is 22.7. The number of rotatable bonds is 12. The summed E-state index contributed by atoms with van der Waals surface area (Å²) < 4.78 is 9.99. The molecule has 8 rings (SSSR count). The second kappa shape index (κ2) is 23.5. The summed E-state index contributed by atoms with van der Waals surface area (Å²) in [5.74, 6) is 0.523. The summed E-state index contributed by atoms with van der Waals surface area (Å²) >= 11 is 12.9. The fourth-order valence-corrected chi connectivity index (χ4v) is 7.14. The topological polar surface area (TPSA) is 242 Å². The van der Waals surface area contributed by atoms with Crippen LogP contribution in [0.2, 0.25) is 10.0 Å². The molecular formula is C50H60Cl3N9O7. The highest BCUT2D eigenvalue weighted by Gasteiger charge is 2.31. The number of carboxylic acids is 1. The van der Waals surface area contributed by atoms with Gasteiger partial charge in [0.05, 0.1) is 0 Å². The lowest BCUT2D eigenvalue weighted by atomic mass is 9.93. The fourth-order valence-electron chi connectivity index (χ4n) is 6.42. The number of nitrogens with zero attached hydrogens (tertiary/aromatic N) is 6. The van der Waals surface area contributed by atoms with Crippen molar-refractivity contribution in [2.45, 2.75) is 118 Å². The van der Waals surface area contributed by atoms with E-state index in [2.05, 4.69) is 40.9 Å². The van der Waals surface area contributed by atoms with Crippen LogP contribution in [0.5, 0.6) is 0 Å². The van der Waals surface area contributed by atoms with E-state index < -0.39 is 5.97 Å². The number of aromatic nitrogens is 6. The molecule has 2 saturated carbocycles. The van der Waals surface area contributed by atoms with Gasteiger partial charge in [0.15, 0.2) is 0 Å². The van der Waals surface area contributed by atoms with Crippen molar-refractivity contribution in [2.75, 3.05) is 10.6 Å². The highest BCUT2D eigenvalue weighted by Crippen LogP contribution is 2.35. The number of hydrogen-bond acceptors (Lipinski definition) is 13. The molecule has 2 aromatic carbocycles. The highest BCUT2D eigenvalue weighted by atomic mass is 35.5. The van der Waals surface area contributed by atoms with E-state index in [9.17, 15) is 19.2 Å². The molecule has 0 bridgehead atoms. The molecule has 0 radical (unpaired) electrons. The van der Waals surface area contributed by atoms with Crippen molar-refractivity contribution < 1.29 is 33.3 Å². The van der Waals surface area contributed by atoms with Gasteiger partial charge in [-0.3, -0.25) is 14.4 Å². The smallest absolute Gasteiger partial charge is 0.377 e. The van der Waals surface area contributed by atoms with Crippen LogP contribution in [0.15, 0.2) is 82.1 Å². The van der Waals surface area contributed by atoms with Gasteiger partial charge in [0.2, 0.25) is 35.2 Å². The first-order chi connectivity index (χ1) is 31.6. The van der Waals surface area contributed by atoms with E-state index in [-0.39, 0.29) is 90.1 Å². The first-order valence-electron chi connectivity index (χ1n) is 21.9. The van der Waals surface area contributed by atoms with E-state index in [0.29, 0.717) is 33.5 Å². The third-order valence-corrected chi connectivity index (χ3v) is 11.3. The minimum atomic E-state index is -1.17. The van der Waals surface area contributed by atoms with Gasteiger partial charge in [-0.25, -0.2) is 14.8 Å². The van der Waals surface area contributed by atoms with E-state index >= 15 is 0 Å². The summed E-state index contributed by atoms with van der Waals surface area (Å²) in [6.45, 7) is 15.3. The Morgan fingerprint density at radius 3 is 1.45 bits per heavy atom. The maximum Gasteiger partial charge on any atom is 0.377 e. The molecule has 19 heteroatoms. The number of aromatic carboxylic acids is 1. The number of hydrogen-bond donors (Lipinski definition) is 4. The molecule has 0 aliphatic heterocycles. The Balaban J connectivity index is 0.000000248. The molecule has 2 atom stereocenters. The van der Waals surface area contributed by atoms with E-state index in [1.807, 2.05) is 116 Å². The van der Waals surface area contributed by atoms with Gasteiger partial charge in [-0.05, 0) is 113 Å². The molecule has 0 saturated heterocycles. The average Bonchev–Trinajstić information content (AvgIpc) is 4.19. The molecular weight excluding hydrogens is 945 g/mol. The molecule has 69 heavy (non-hydrogen) atoms. The number of ketones is 1. The fraction of sp³-hybridized carbons (Fsp3) is 0.400. The number of nitrogens with two attached hydrogens (primary N) is 1. The van der Waals surface area contributed by atoms with Crippen molar-refractivity contribution in [3.63, 3.8) is 0 Å². The normalized spacial score (nSPS) is 14.0.